The summed E-state index contributed by atoms with van der Waals surface area (Å²) in [6, 6.07) is -1.70. The van der Waals surface area contributed by atoms with Gasteiger partial charge in [0.15, 0.2) is 0 Å². The average Bonchev–Trinajstić information content (AvgIpc) is 1.79. The van der Waals surface area contributed by atoms with Gasteiger partial charge < -0.3 is 10.8 Å². The number of hydrogen-bond acceptors (Lipinski definition) is 3. The summed E-state index contributed by atoms with van der Waals surface area (Å²) < 4.78 is 37.0. The molecule has 0 bridgehead atoms. The molecule has 0 aromatic rings. The van der Waals surface area contributed by atoms with Crippen LogP contribution in [0.25, 0.3) is 0 Å². The van der Waals surface area contributed by atoms with Gasteiger partial charge in [-0.25, -0.2) is 0 Å². The van der Waals surface area contributed by atoms with Crippen molar-refractivity contribution in [2.24, 2.45) is 5.73 Å². The lowest BCUT2D eigenvalue weighted by Crippen LogP contribution is -2.52. The SMILES string of the molecule is CN(CC(C)(C)O)C(CN)C(F)(F)F. The first-order valence-corrected chi connectivity index (χ1v) is 4.27. The highest BCUT2D eigenvalue weighted by Crippen LogP contribution is 2.24. The minimum Gasteiger partial charge on any atom is -0.389 e. The van der Waals surface area contributed by atoms with E-state index in [-0.39, 0.29) is 6.54 Å². The van der Waals surface area contributed by atoms with E-state index in [0.717, 1.165) is 4.90 Å². The molecule has 0 spiro atoms. The van der Waals surface area contributed by atoms with E-state index in [2.05, 4.69) is 0 Å². The normalized spacial score (nSPS) is 16.1. The number of likely N-dealkylation sites (N-methyl/N-ethyl adjacent to an activating group) is 1. The molecule has 3 nitrogen and oxygen atoms in total. The standard InChI is InChI=1S/C8H17F3N2O/c1-7(2,14)5-13(3)6(4-12)8(9,10)11/h6,14H,4-5,12H2,1-3H3. The van der Waals surface area contributed by atoms with Gasteiger partial charge in [0.1, 0.15) is 6.04 Å². The highest BCUT2D eigenvalue weighted by atomic mass is 19.4. The third-order valence-electron chi connectivity index (χ3n) is 1.77. The van der Waals surface area contributed by atoms with Crippen LogP contribution in [0.1, 0.15) is 13.8 Å². The van der Waals surface area contributed by atoms with E-state index in [1.165, 1.54) is 20.9 Å². The van der Waals surface area contributed by atoms with E-state index in [9.17, 15) is 18.3 Å². The molecule has 0 fully saturated rings. The second-order valence-corrected chi connectivity index (χ2v) is 4.02. The lowest BCUT2D eigenvalue weighted by Gasteiger charge is -2.32. The molecular formula is C8H17F3N2O. The summed E-state index contributed by atoms with van der Waals surface area (Å²) in [5.74, 6) is 0. The van der Waals surface area contributed by atoms with E-state index < -0.39 is 24.4 Å². The zero-order valence-electron chi connectivity index (χ0n) is 8.60. The Balaban J connectivity index is 4.41. The number of nitrogens with zero attached hydrogens (tertiary/aromatic N) is 1. The highest BCUT2D eigenvalue weighted by Gasteiger charge is 2.42. The average molecular weight is 214 g/mol. The van der Waals surface area contributed by atoms with Crippen LogP contribution in [-0.2, 0) is 0 Å². The molecule has 0 aliphatic rings. The third-order valence-corrected chi connectivity index (χ3v) is 1.77. The Morgan fingerprint density at radius 3 is 2.00 bits per heavy atom. The molecule has 0 aliphatic carbocycles. The van der Waals surface area contributed by atoms with Gasteiger partial charge in [0, 0.05) is 13.1 Å². The molecule has 1 unspecified atom stereocenters. The van der Waals surface area contributed by atoms with Crippen molar-refractivity contribution in [3.8, 4) is 0 Å². The number of aliphatic hydroxyl groups is 1. The molecule has 0 radical (unpaired) electrons. The van der Waals surface area contributed by atoms with E-state index >= 15 is 0 Å². The molecule has 1 atom stereocenters. The Labute approximate surface area is 81.7 Å². The predicted molar refractivity (Wildman–Crippen MR) is 47.8 cm³/mol. The molecule has 0 heterocycles. The zero-order chi connectivity index (χ0) is 11.6. The fourth-order valence-electron chi connectivity index (χ4n) is 1.28. The van der Waals surface area contributed by atoms with Crippen molar-refractivity contribution in [3.05, 3.63) is 0 Å². The topological polar surface area (TPSA) is 49.5 Å². The maximum Gasteiger partial charge on any atom is 0.405 e. The van der Waals surface area contributed by atoms with Crippen molar-refractivity contribution in [2.75, 3.05) is 20.1 Å². The van der Waals surface area contributed by atoms with E-state index in [0.29, 0.717) is 0 Å². The van der Waals surface area contributed by atoms with Crippen LogP contribution in [0.4, 0.5) is 13.2 Å². The van der Waals surface area contributed by atoms with Crippen molar-refractivity contribution in [2.45, 2.75) is 31.7 Å². The van der Waals surface area contributed by atoms with Gasteiger partial charge in [-0.15, -0.1) is 0 Å². The van der Waals surface area contributed by atoms with Crippen LogP contribution in [-0.4, -0.2) is 48.0 Å². The first-order chi connectivity index (χ1) is 6.08. The van der Waals surface area contributed by atoms with Gasteiger partial charge in [-0.3, -0.25) is 4.90 Å². The van der Waals surface area contributed by atoms with Crippen molar-refractivity contribution < 1.29 is 18.3 Å². The van der Waals surface area contributed by atoms with Crippen LogP contribution < -0.4 is 5.73 Å². The van der Waals surface area contributed by atoms with Crippen molar-refractivity contribution in [1.82, 2.24) is 4.90 Å². The molecule has 0 saturated carbocycles. The zero-order valence-corrected chi connectivity index (χ0v) is 8.60. The van der Waals surface area contributed by atoms with Crippen molar-refractivity contribution >= 4 is 0 Å². The van der Waals surface area contributed by atoms with Crippen molar-refractivity contribution in [1.29, 1.82) is 0 Å². The van der Waals surface area contributed by atoms with Crippen LogP contribution in [0.5, 0.6) is 0 Å². The van der Waals surface area contributed by atoms with Gasteiger partial charge in [0.2, 0.25) is 0 Å². The van der Waals surface area contributed by atoms with Crippen LogP contribution in [0, 0.1) is 0 Å². The molecule has 3 N–H and O–H groups in total. The Bertz CT molecular complexity index is 176. The summed E-state index contributed by atoms with van der Waals surface area (Å²) in [6.07, 6.45) is -4.35. The smallest absolute Gasteiger partial charge is 0.389 e. The molecule has 0 amide bonds. The van der Waals surface area contributed by atoms with Gasteiger partial charge in [-0.1, -0.05) is 0 Å². The second-order valence-electron chi connectivity index (χ2n) is 4.02. The monoisotopic (exact) mass is 214 g/mol. The van der Waals surface area contributed by atoms with Gasteiger partial charge in [-0.05, 0) is 20.9 Å². The molecule has 86 valence electrons. The molecule has 6 heteroatoms. The Kier molecular flexibility index (Phi) is 4.35. The predicted octanol–water partition coefficient (Wildman–Crippen LogP) is 0.579. The summed E-state index contributed by atoms with van der Waals surface area (Å²) in [5.41, 5.74) is 3.88. The van der Waals surface area contributed by atoms with E-state index in [1.54, 1.807) is 0 Å². The molecule has 0 rings (SSSR count). The van der Waals surface area contributed by atoms with E-state index in [1.807, 2.05) is 0 Å². The van der Waals surface area contributed by atoms with Crippen LogP contribution in [0.3, 0.4) is 0 Å². The van der Waals surface area contributed by atoms with Gasteiger partial charge >= 0.3 is 6.18 Å². The summed E-state index contributed by atoms with van der Waals surface area (Å²) in [5, 5.41) is 9.35. The number of hydrogen-bond donors (Lipinski definition) is 2. The Morgan fingerprint density at radius 1 is 1.36 bits per heavy atom. The lowest BCUT2D eigenvalue weighted by atomic mass is 10.1. The molecule has 0 aromatic heterocycles. The summed E-state index contributed by atoms with van der Waals surface area (Å²) in [4.78, 5) is 1.01. The molecule has 14 heavy (non-hydrogen) atoms. The quantitative estimate of drug-likeness (QED) is 0.719. The summed E-state index contributed by atoms with van der Waals surface area (Å²) >= 11 is 0. The van der Waals surface area contributed by atoms with Crippen molar-refractivity contribution in [3.63, 3.8) is 0 Å². The third kappa shape index (κ3) is 4.78. The maximum absolute atomic E-state index is 12.3. The maximum atomic E-state index is 12.3. The van der Waals surface area contributed by atoms with Crippen LogP contribution in [0.2, 0.25) is 0 Å². The fraction of sp³-hybridized carbons (Fsp3) is 1.00. The molecule has 0 aromatic carbocycles. The minimum atomic E-state index is -4.35. The Morgan fingerprint density at radius 2 is 1.79 bits per heavy atom. The number of alkyl halides is 3. The number of rotatable bonds is 4. The largest absolute Gasteiger partial charge is 0.405 e. The lowest BCUT2D eigenvalue weighted by molar-refractivity contribution is -0.182. The fourth-order valence-corrected chi connectivity index (χ4v) is 1.28. The van der Waals surface area contributed by atoms with Gasteiger partial charge in [0.05, 0.1) is 5.60 Å². The number of nitrogens with two attached hydrogens (primary N) is 1. The summed E-state index contributed by atoms with van der Waals surface area (Å²) in [6.45, 7) is 2.32. The highest BCUT2D eigenvalue weighted by molar-refractivity contribution is 4.81. The Hall–Kier alpha value is -0.330. The van der Waals surface area contributed by atoms with Gasteiger partial charge in [0.25, 0.3) is 0 Å². The molecular weight excluding hydrogens is 197 g/mol. The van der Waals surface area contributed by atoms with Gasteiger partial charge in [-0.2, -0.15) is 13.2 Å². The van der Waals surface area contributed by atoms with Crippen LogP contribution in [0.15, 0.2) is 0 Å². The first-order valence-electron chi connectivity index (χ1n) is 4.27. The summed E-state index contributed by atoms with van der Waals surface area (Å²) in [7, 11) is 1.29. The first kappa shape index (κ1) is 13.7. The number of halogens is 3. The molecule has 0 saturated heterocycles. The second kappa shape index (κ2) is 4.46. The minimum absolute atomic E-state index is 0.0750. The molecule has 0 aliphatic heterocycles. The van der Waals surface area contributed by atoms with Crippen LogP contribution >= 0.6 is 0 Å². The van der Waals surface area contributed by atoms with E-state index in [4.69, 9.17) is 5.73 Å².